The van der Waals surface area contributed by atoms with E-state index in [1.54, 1.807) is 19.5 Å². The average Bonchev–Trinajstić information content (AvgIpc) is 2.38. The summed E-state index contributed by atoms with van der Waals surface area (Å²) >= 11 is 6.84. The van der Waals surface area contributed by atoms with Crippen molar-refractivity contribution in [2.75, 3.05) is 7.11 Å². The molecule has 2 aromatic rings. The largest absolute Gasteiger partial charge is 0.496 e. The van der Waals surface area contributed by atoms with Gasteiger partial charge in [0.15, 0.2) is 0 Å². The van der Waals surface area contributed by atoms with Crippen LogP contribution in [0.2, 0.25) is 0 Å². The molecule has 0 fully saturated rings. The first kappa shape index (κ1) is 13.5. The molecular formula is C13H12Br2N2O. The Morgan fingerprint density at radius 3 is 2.61 bits per heavy atom. The highest BCUT2D eigenvalue weighted by Crippen LogP contribution is 2.31. The highest BCUT2D eigenvalue weighted by Gasteiger charge is 2.15. The molecule has 0 saturated carbocycles. The van der Waals surface area contributed by atoms with Crippen LogP contribution in [-0.2, 0) is 0 Å². The monoisotopic (exact) mass is 370 g/mol. The number of pyridine rings is 1. The van der Waals surface area contributed by atoms with Crippen LogP contribution in [0.4, 0.5) is 0 Å². The number of halogens is 2. The lowest BCUT2D eigenvalue weighted by Gasteiger charge is -2.16. The van der Waals surface area contributed by atoms with Gasteiger partial charge in [-0.15, -0.1) is 0 Å². The normalized spacial score (nSPS) is 12.2. The van der Waals surface area contributed by atoms with Crippen molar-refractivity contribution in [3.63, 3.8) is 0 Å². The van der Waals surface area contributed by atoms with Crippen LogP contribution >= 0.6 is 31.9 Å². The van der Waals surface area contributed by atoms with Gasteiger partial charge in [0.05, 0.1) is 13.2 Å². The summed E-state index contributed by atoms with van der Waals surface area (Å²) in [4.78, 5) is 4.13. The predicted octanol–water partition coefficient (Wildman–Crippen LogP) is 3.66. The van der Waals surface area contributed by atoms with Gasteiger partial charge < -0.3 is 10.5 Å². The topological polar surface area (TPSA) is 48.1 Å². The molecule has 5 heteroatoms. The molecule has 0 aliphatic heterocycles. The molecule has 3 nitrogen and oxygen atoms in total. The third kappa shape index (κ3) is 2.91. The lowest BCUT2D eigenvalue weighted by Crippen LogP contribution is -2.13. The lowest BCUT2D eigenvalue weighted by molar-refractivity contribution is 0.407. The zero-order valence-corrected chi connectivity index (χ0v) is 12.9. The van der Waals surface area contributed by atoms with Crippen molar-refractivity contribution >= 4 is 31.9 Å². The van der Waals surface area contributed by atoms with Crippen LogP contribution in [0, 0.1) is 0 Å². The number of benzene rings is 1. The second-order valence-electron chi connectivity index (χ2n) is 3.80. The maximum Gasteiger partial charge on any atom is 0.124 e. The maximum atomic E-state index is 6.27. The minimum absolute atomic E-state index is 0.276. The van der Waals surface area contributed by atoms with E-state index < -0.39 is 0 Å². The van der Waals surface area contributed by atoms with Gasteiger partial charge in [0.1, 0.15) is 5.75 Å². The number of nitrogens with zero attached hydrogens (tertiary/aromatic N) is 1. The van der Waals surface area contributed by atoms with Crippen LogP contribution in [-0.4, -0.2) is 12.1 Å². The van der Waals surface area contributed by atoms with Crippen molar-refractivity contribution in [1.29, 1.82) is 0 Å². The fourth-order valence-corrected chi connectivity index (χ4v) is 2.49. The number of nitrogens with two attached hydrogens (primary N) is 1. The van der Waals surface area contributed by atoms with Crippen LogP contribution in [0.1, 0.15) is 17.2 Å². The molecule has 0 saturated heterocycles. The van der Waals surface area contributed by atoms with Gasteiger partial charge in [-0.2, -0.15) is 0 Å². The third-order valence-electron chi connectivity index (χ3n) is 2.61. The molecular weight excluding hydrogens is 360 g/mol. The molecule has 1 atom stereocenters. The summed E-state index contributed by atoms with van der Waals surface area (Å²) in [7, 11) is 1.64. The van der Waals surface area contributed by atoms with Gasteiger partial charge in [-0.3, -0.25) is 4.98 Å². The van der Waals surface area contributed by atoms with Crippen molar-refractivity contribution < 1.29 is 4.74 Å². The van der Waals surface area contributed by atoms with E-state index in [1.807, 2.05) is 24.3 Å². The van der Waals surface area contributed by atoms with Gasteiger partial charge >= 0.3 is 0 Å². The molecule has 1 aromatic carbocycles. The first-order valence-corrected chi connectivity index (χ1v) is 6.90. The SMILES string of the molecule is COc1ccc(Br)cc1C(N)c1cncc(Br)c1. The molecule has 0 aliphatic rings. The van der Waals surface area contributed by atoms with Gasteiger partial charge in [-0.25, -0.2) is 0 Å². The van der Waals surface area contributed by atoms with E-state index >= 15 is 0 Å². The van der Waals surface area contributed by atoms with E-state index in [4.69, 9.17) is 10.5 Å². The Kier molecular flexibility index (Phi) is 4.37. The van der Waals surface area contributed by atoms with Gasteiger partial charge in [-0.1, -0.05) is 15.9 Å². The molecule has 0 bridgehead atoms. The molecule has 0 aliphatic carbocycles. The lowest BCUT2D eigenvalue weighted by atomic mass is 10.0. The maximum absolute atomic E-state index is 6.27. The second-order valence-corrected chi connectivity index (χ2v) is 5.63. The second kappa shape index (κ2) is 5.82. The molecule has 0 spiro atoms. The molecule has 2 rings (SSSR count). The Morgan fingerprint density at radius 2 is 1.94 bits per heavy atom. The van der Waals surface area contributed by atoms with Gasteiger partial charge in [0, 0.05) is 26.9 Å². The zero-order valence-electron chi connectivity index (χ0n) is 9.73. The smallest absolute Gasteiger partial charge is 0.124 e. The number of hydrogen-bond acceptors (Lipinski definition) is 3. The predicted molar refractivity (Wildman–Crippen MR) is 78.7 cm³/mol. The number of ether oxygens (including phenoxy) is 1. The number of methoxy groups -OCH3 is 1. The molecule has 2 N–H and O–H groups in total. The highest BCUT2D eigenvalue weighted by molar-refractivity contribution is 9.10. The Labute approximate surface area is 123 Å². The average molecular weight is 372 g/mol. The van der Waals surface area contributed by atoms with E-state index in [9.17, 15) is 0 Å². The van der Waals surface area contributed by atoms with Crippen molar-refractivity contribution in [3.8, 4) is 5.75 Å². The van der Waals surface area contributed by atoms with Gasteiger partial charge in [0.2, 0.25) is 0 Å². The summed E-state index contributed by atoms with van der Waals surface area (Å²) in [5.74, 6) is 0.769. The minimum Gasteiger partial charge on any atom is -0.496 e. The van der Waals surface area contributed by atoms with E-state index in [-0.39, 0.29) is 6.04 Å². The molecule has 94 valence electrons. The molecule has 1 heterocycles. The van der Waals surface area contributed by atoms with Crippen LogP contribution in [0.25, 0.3) is 0 Å². The Hall–Kier alpha value is -0.910. The van der Waals surface area contributed by atoms with Crippen LogP contribution < -0.4 is 10.5 Å². The van der Waals surface area contributed by atoms with Gasteiger partial charge in [-0.05, 0) is 45.8 Å². The van der Waals surface area contributed by atoms with Crippen LogP contribution in [0.5, 0.6) is 5.75 Å². The van der Waals surface area contributed by atoms with E-state index in [0.29, 0.717) is 0 Å². The summed E-state index contributed by atoms with van der Waals surface area (Å²) in [6.07, 6.45) is 3.49. The van der Waals surface area contributed by atoms with E-state index in [0.717, 1.165) is 25.8 Å². The first-order valence-electron chi connectivity index (χ1n) is 5.31. The quantitative estimate of drug-likeness (QED) is 0.895. The fourth-order valence-electron chi connectivity index (χ4n) is 1.73. The molecule has 1 aromatic heterocycles. The summed E-state index contributed by atoms with van der Waals surface area (Å²) < 4.78 is 7.22. The summed E-state index contributed by atoms with van der Waals surface area (Å²) in [6, 6.07) is 7.46. The molecule has 0 amide bonds. The molecule has 1 unspecified atom stereocenters. The number of hydrogen-bond donors (Lipinski definition) is 1. The van der Waals surface area contributed by atoms with Crippen molar-refractivity contribution in [3.05, 3.63) is 56.7 Å². The Balaban J connectivity index is 2.44. The molecule has 18 heavy (non-hydrogen) atoms. The van der Waals surface area contributed by atoms with Crippen LogP contribution in [0.3, 0.4) is 0 Å². The minimum atomic E-state index is -0.276. The van der Waals surface area contributed by atoms with Crippen molar-refractivity contribution in [2.45, 2.75) is 6.04 Å². The van der Waals surface area contributed by atoms with Crippen LogP contribution in [0.15, 0.2) is 45.6 Å². The van der Waals surface area contributed by atoms with Crippen molar-refractivity contribution in [2.24, 2.45) is 5.73 Å². The molecule has 0 radical (unpaired) electrons. The first-order chi connectivity index (χ1) is 8.61. The Bertz CT molecular complexity index is 560. The summed E-state index contributed by atoms with van der Waals surface area (Å²) in [6.45, 7) is 0. The van der Waals surface area contributed by atoms with E-state index in [2.05, 4.69) is 36.8 Å². The number of rotatable bonds is 3. The standard InChI is InChI=1S/C13H12Br2N2O/c1-18-12-3-2-9(14)5-11(12)13(16)8-4-10(15)7-17-6-8/h2-7,13H,16H2,1H3. The Morgan fingerprint density at radius 1 is 1.17 bits per heavy atom. The van der Waals surface area contributed by atoms with E-state index in [1.165, 1.54) is 0 Å². The third-order valence-corrected chi connectivity index (χ3v) is 3.54. The zero-order chi connectivity index (χ0) is 13.1. The fraction of sp³-hybridized carbons (Fsp3) is 0.154. The highest BCUT2D eigenvalue weighted by atomic mass is 79.9. The summed E-state index contributed by atoms with van der Waals surface area (Å²) in [5, 5.41) is 0. The number of aromatic nitrogens is 1. The summed E-state index contributed by atoms with van der Waals surface area (Å²) in [5.41, 5.74) is 8.12. The van der Waals surface area contributed by atoms with Gasteiger partial charge in [0.25, 0.3) is 0 Å². The van der Waals surface area contributed by atoms with Crippen molar-refractivity contribution in [1.82, 2.24) is 4.98 Å².